The summed E-state index contributed by atoms with van der Waals surface area (Å²) in [6.07, 6.45) is 0. The Bertz CT molecular complexity index is 1160. The van der Waals surface area contributed by atoms with Crippen LogP contribution in [0.15, 0.2) is 47.4 Å². The summed E-state index contributed by atoms with van der Waals surface area (Å²) in [4.78, 5) is 10.9. The van der Waals surface area contributed by atoms with Crippen molar-refractivity contribution < 1.29 is 22.7 Å². The third-order valence-corrected chi connectivity index (χ3v) is 6.05. The van der Waals surface area contributed by atoms with Gasteiger partial charge in [-0.1, -0.05) is 41.4 Å². The molecule has 3 rings (SSSR count). The van der Waals surface area contributed by atoms with Gasteiger partial charge in [-0.25, -0.2) is 8.42 Å². The Labute approximate surface area is 177 Å². The number of hydrogen-bond donors (Lipinski definition) is 1. The molecule has 0 aliphatic carbocycles. The Hall–Kier alpha value is -2.55. The highest BCUT2D eigenvalue weighted by Gasteiger charge is 2.19. The topological polar surface area (TPSA) is 98.4 Å². The van der Waals surface area contributed by atoms with E-state index in [-0.39, 0.29) is 4.90 Å². The summed E-state index contributed by atoms with van der Waals surface area (Å²) in [6, 6.07) is 11.3. The van der Waals surface area contributed by atoms with Gasteiger partial charge in [0, 0.05) is 18.1 Å². The fourth-order valence-electron chi connectivity index (χ4n) is 2.66. The highest BCUT2D eigenvalue weighted by atomic mass is 35.5. The van der Waals surface area contributed by atoms with Crippen LogP contribution in [-0.2, 0) is 19.4 Å². The SMILES string of the molecule is COc1ccc(-c2c(-c3ccc(S(=O)(=O)COC(C)=O)cc3)n[nH]c2Cl)cc1Cl. The highest BCUT2D eigenvalue weighted by molar-refractivity contribution is 7.91. The number of carbonyl (C=O) groups excluding carboxylic acids is 1. The summed E-state index contributed by atoms with van der Waals surface area (Å²) in [5, 5.41) is 7.69. The Balaban J connectivity index is 1.97. The van der Waals surface area contributed by atoms with Gasteiger partial charge >= 0.3 is 5.97 Å². The summed E-state index contributed by atoms with van der Waals surface area (Å²) in [6.45, 7) is 1.15. The molecule has 2 aromatic carbocycles. The van der Waals surface area contributed by atoms with Crippen molar-refractivity contribution >= 4 is 39.0 Å². The number of aromatic amines is 1. The first-order valence-corrected chi connectivity index (χ1v) is 10.7. The van der Waals surface area contributed by atoms with Gasteiger partial charge in [0.25, 0.3) is 0 Å². The number of halogens is 2. The number of hydrogen-bond acceptors (Lipinski definition) is 6. The average Bonchev–Trinajstić information content (AvgIpc) is 3.08. The lowest BCUT2D eigenvalue weighted by Crippen LogP contribution is -2.12. The second kappa shape index (κ2) is 8.44. The number of carbonyl (C=O) groups is 1. The minimum absolute atomic E-state index is 0.0261. The molecule has 10 heteroatoms. The summed E-state index contributed by atoms with van der Waals surface area (Å²) >= 11 is 12.5. The van der Waals surface area contributed by atoms with E-state index in [1.54, 1.807) is 30.3 Å². The van der Waals surface area contributed by atoms with Crippen LogP contribution in [0.3, 0.4) is 0 Å². The number of methoxy groups -OCH3 is 1. The molecule has 0 atom stereocenters. The van der Waals surface area contributed by atoms with Crippen molar-refractivity contribution in [3.63, 3.8) is 0 Å². The van der Waals surface area contributed by atoms with Gasteiger partial charge < -0.3 is 9.47 Å². The molecule has 3 aromatic rings. The first kappa shape index (κ1) is 21.2. The molecule has 0 aliphatic rings. The van der Waals surface area contributed by atoms with Crippen LogP contribution in [0.5, 0.6) is 5.75 Å². The maximum absolute atomic E-state index is 12.2. The third-order valence-electron chi connectivity index (χ3n) is 4.07. The van der Waals surface area contributed by atoms with E-state index in [1.807, 2.05) is 0 Å². The van der Waals surface area contributed by atoms with E-state index in [0.717, 1.165) is 12.5 Å². The van der Waals surface area contributed by atoms with E-state index in [4.69, 9.17) is 27.9 Å². The van der Waals surface area contributed by atoms with Crippen LogP contribution in [0, 0.1) is 0 Å². The lowest BCUT2D eigenvalue weighted by molar-refractivity contribution is -0.138. The number of aromatic nitrogens is 2. The Morgan fingerprint density at radius 3 is 2.34 bits per heavy atom. The van der Waals surface area contributed by atoms with Crippen LogP contribution in [0.4, 0.5) is 0 Å². The zero-order valence-electron chi connectivity index (χ0n) is 15.4. The smallest absolute Gasteiger partial charge is 0.303 e. The average molecular weight is 455 g/mol. The van der Waals surface area contributed by atoms with Crippen LogP contribution < -0.4 is 4.74 Å². The van der Waals surface area contributed by atoms with Crippen molar-refractivity contribution in [1.82, 2.24) is 10.2 Å². The van der Waals surface area contributed by atoms with Crippen molar-refractivity contribution in [2.24, 2.45) is 0 Å². The molecule has 0 aliphatic heterocycles. The first-order chi connectivity index (χ1) is 13.7. The minimum atomic E-state index is -3.75. The van der Waals surface area contributed by atoms with Crippen LogP contribution in [0.1, 0.15) is 6.92 Å². The predicted octanol–water partition coefficient (Wildman–Crippen LogP) is 4.35. The number of nitrogens with zero attached hydrogens (tertiary/aromatic N) is 1. The van der Waals surface area contributed by atoms with Crippen molar-refractivity contribution in [1.29, 1.82) is 0 Å². The lowest BCUT2D eigenvalue weighted by atomic mass is 10.0. The van der Waals surface area contributed by atoms with E-state index >= 15 is 0 Å². The van der Waals surface area contributed by atoms with Gasteiger partial charge in [0.1, 0.15) is 16.6 Å². The first-order valence-electron chi connectivity index (χ1n) is 8.27. The van der Waals surface area contributed by atoms with Crippen molar-refractivity contribution in [3.05, 3.63) is 52.6 Å². The largest absolute Gasteiger partial charge is 0.495 e. The Kier molecular flexibility index (Phi) is 6.16. The van der Waals surface area contributed by atoms with Crippen LogP contribution in [-0.4, -0.2) is 37.6 Å². The number of rotatable bonds is 6. The second-order valence-corrected chi connectivity index (χ2v) is 8.73. The monoisotopic (exact) mass is 454 g/mol. The van der Waals surface area contributed by atoms with E-state index < -0.39 is 21.7 Å². The Morgan fingerprint density at radius 2 is 1.76 bits per heavy atom. The van der Waals surface area contributed by atoms with Crippen molar-refractivity contribution in [2.45, 2.75) is 11.8 Å². The van der Waals surface area contributed by atoms with Crippen LogP contribution in [0.25, 0.3) is 22.4 Å². The van der Waals surface area contributed by atoms with Gasteiger partial charge in [-0.2, -0.15) is 5.10 Å². The fourth-order valence-corrected chi connectivity index (χ4v) is 4.17. The van der Waals surface area contributed by atoms with Crippen molar-refractivity contribution in [2.75, 3.05) is 13.0 Å². The second-order valence-electron chi connectivity index (χ2n) is 6.00. The quantitative estimate of drug-likeness (QED) is 0.555. The van der Waals surface area contributed by atoms with E-state index in [9.17, 15) is 13.2 Å². The van der Waals surface area contributed by atoms with Crippen molar-refractivity contribution in [3.8, 4) is 28.1 Å². The maximum Gasteiger partial charge on any atom is 0.303 e. The number of sulfone groups is 1. The summed E-state index contributed by atoms with van der Waals surface area (Å²) in [7, 11) is -2.23. The van der Waals surface area contributed by atoms with E-state index in [0.29, 0.717) is 32.7 Å². The molecule has 0 saturated carbocycles. The van der Waals surface area contributed by atoms with Gasteiger partial charge in [0.05, 0.1) is 17.0 Å². The molecule has 0 saturated heterocycles. The van der Waals surface area contributed by atoms with E-state index in [2.05, 4.69) is 14.9 Å². The molecule has 0 unspecified atom stereocenters. The lowest BCUT2D eigenvalue weighted by Gasteiger charge is -2.08. The minimum Gasteiger partial charge on any atom is -0.495 e. The standard InChI is InChI=1S/C19H16Cl2N2O5S/c1-11(24)28-10-29(25,26)14-6-3-12(4-7-14)18-17(19(21)23-22-18)13-5-8-16(27-2)15(20)9-13/h3-9H,10H2,1-2H3,(H,22,23). The number of benzene rings is 2. The van der Waals surface area contributed by atoms with Crippen LogP contribution >= 0.6 is 23.2 Å². The molecule has 0 amide bonds. The molecule has 1 N–H and O–H groups in total. The fraction of sp³-hybridized carbons (Fsp3) is 0.158. The van der Waals surface area contributed by atoms with Crippen LogP contribution in [0.2, 0.25) is 10.2 Å². The highest BCUT2D eigenvalue weighted by Crippen LogP contribution is 2.38. The molecule has 152 valence electrons. The molecule has 0 spiro atoms. The maximum atomic E-state index is 12.2. The normalized spacial score (nSPS) is 11.3. The number of nitrogens with one attached hydrogen (secondary N) is 1. The zero-order valence-corrected chi connectivity index (χ0v) is 17.7. The molecule has 1 heterocycles. The van der Waals surface area contributed by atoms with Gasteiger partial charge in [0.15, 0.2) is 5.94 Å². The predicted molar refractivity (Wildman–Crippen MR) is 110 cm³/mol. The molecular weight excluding hydrogens is 439 g/mol. The third kappa shape index (κ3) is 4.55. The molecule has 7 nitrogen and oxygen atoms in total. The van der Waals surface area contributed by atoms with Gasteiger partial charge in [-0.3, -0.25) is 9.89 Å². The van der Waals surface area contributed by atoms with Gasteiger partial charge in [-0.15, -0.1) is 0 Å². The molecule has 0 radical (unpaired) electrons. The number of esters is 1. The van der Waals surface area contributed by atoms with Gasteiger partial charge in [-0.05, 0) is 29.8 Å². The zero-order chi connectivity index (χ0) is 21.2. The summed E-state index contributed by atoms with van der Waals surface area (Å²) in [5.74, 6) is -0.857. The summed E-state index contributed by atoms with van der Waals surface area (Å²) in [5.41, 5.74) is 2.50. The molecule has 1 aromatic heterocycles. The molecule has 0 fully saturated rings. The molecular formula is C19H16Cl2N2O5S. The number of ether oxygens (including phenoxy) is 2. The van der Waals surface area contributed by atoms with Gasteiger partial charge in [0.2, 0.25) is 9.84 Å². The summed E-state index contributed by atoms with van der Waals surface area (Å²) < 4.78 is 34.2. The Morgan fingerprint density at radius 1 is 1.10 bits per heavy atom. The molecule has 29 heavy (non-hydrogen) atoms. The molecule has 0 bridgehead atoms. The number of H-pyrrole nitrogens is 1. The van der Waals surface area contributed by atoms with E-state index in [1.165, 1.54) is 19.2 Å².